The van der Waals surface area contributed by atoms with E-state index in [2.05, 4.69) is 5.32 Å². The average Bonchev–Trinajstić information content (AvgIpc) is 2.71. The predicted octanol–water partition coefficient (Wildman–Crippen LogP) is 3.44. The van der Waals surface area contributed by atoms with E-state index in [1.54, 1.807) is 17.7 Å². The van der Waals surface area contributed by atoms with Gasteiger partial charge in [-0.05, 0) is 30.7 Å². The van der Waals surface area contributed by atoms with Gasteiger partial charge in [0, 0.05) is 29.4 Å². The molecule has 3 rings (SSSR count). The molecule has 1 aromatic heterocycles. The van der Waals surface area contributed by atoms with Crippen molar-refractivity contribution in [1.82, 2.24) is 9.88 Å². The SMILES string of the molecule is CCn1c(=O)cc(SCC(=O)NCc2ccc(OC)cc2)c2ccccc21. The van der Waals surface area contributed by atoms with Crippen molar-refractivity contribution in [3.63, 3.8) is 0 Å². The summed E-state index contributed by atoms with van der Waals surface area (Å²) in [5.74, 6) is 0.976. The van der Waals surface area contributed by atoms with E-state index < -0.39 is 0 Å². The number of benzene rings is 2. The molecule has 1 amide bonds. The van der Waals surface area contributed by atoms with Gasteiger partial charge < -0.3 is 14.6 Å². The van der Waals surface area contributed by atoms with Crippen LogP contribution in [0.1, 0.15) is 12.5 Å². The molecule has 1 heterocycles. The van der Waals surface area contributed by atoms with Gasteiger partial charge in [-0.1, -0.05) is 30.3 Å². The van der Waals surface area contributed by atoms with Gasteiger partial charge >= 0.3 is 0 Å². The Morgan fingerprint density at radius 3 is 2.59 bits per heavy atom. The van der Waals surface area contributed by atoms with Crippen LogP contribution in [0.5, 0.6) is 5.75 Å². The summed E-state index contributed by atoms with van der Waals surface area (Å²) in [7, 11) is 1.62. The molecule has 0 spiro atoms. The standard InChI is InChI=1S/C21H22N2O3S/c1-3-23-18-7-5-4-6-17(18)19(12-21(23)25)27-14-20(24)22-13-15-8-10-16(26-2)11-9-15/h4-12H,3,13-14H2,1-2H3,(H,22,24). The molecular formula is C21H22N2O3S. The van der Waals surface area contributed by atoms with Crippen LogP contribution in [0.4, 0.5) is 0 Å². The Labute approximate surface area is 162 Å². The van der Waals surface area contributed by atoms with Crippen LogP contribution in [0.3, 0.4) is 0 Å². The van der Waals surface area contributed by atoms with Crippen LogP contribution in [0.15, 0.2) is 64.3 Å². The summed E-state index contributed by atoms with van der Waals surface area (Å²) < 4.78 is 6.86. The fraction of sp³-hybridized carbons (Fsp3) is 0.238. The normalized spacial score (nSPS) is 10.7. The van der Waals surface area contributed by atoms with Crippen molar-refractivity contribution in [2.24, 2.45) is 0 Å². The van der Waals surface area contributed by atoms with Crippen LogP contribution >= 0.6 is 11.8 Å². The molecule has 0 aliphatic carbocycles. The lowest BCUT2D eigenvalue weighted by molar-refractivity contribution is -0.118. The number of methoxy groups -OCH3 is 1. The summed E-state index contributed by atoms with van der Waals surface area (Å²) in [6, 6.07) is 17.0. The zero-order chi connectivity index (χ0) is 19.2. The number of nitrogens with one attached hydrogen (secondary N) is 1. The Hall–Kier alpha value is -2.73. The minimum Gasteiger partial charge on any atom is -0.497 e. The number of carbonyl (C=O) groups is 1. The van der Waals surface area contributed by atoms with Gasteiger partial charge in [0.15, 0.2) is 0 Å². The lowest BCUT2D eigenvalue weighted by atomic mass is 10.2. The average molecular weight is 382 g/mol. The van der Waals surface area contributed by atoms with Crippen molar-refractivity contribution in [1.29, 1.82) is 0 Å². The van der Waals surface area contributed by atoms with Crippen molar-refractivity contribution in [2.75, 3.05) is 12.9 Å². The third kappa shape index (κ3) is 4.52. The van der Waals surface area contributed by atoms with Crippen molar-refractivity contribution in [3.05, 3.63) is 70.5 Å². The molecule has 0 aliphatic rings. The van der Waals surface area contributed by atoms with Crippen LogP contribution in [0.25, 0.3) is 10.9 Å². The molecule has 0 atom stereocenters. The number of thioether (sulfide) groups is 1. The molecule has 0 bridgehead atoms. The molecule has 5 nitrogen and oxygen atoms in total. The first-order valence-corrected chi connectivity index (χ1v) is 9.76. The highest BCUT2D eigenvalue weighted by Crippen LogP contribution is 2.26. The molecule has 0 aliphatic heterocycles. The van der Waals surface area contributed by atoms with Gasteiger partial charge in [-0.2, -0.15) is 0 Å². The van der Waals surface area contributed by atoms with E-state index in [1.807, 2.05) is 55.5 Å². The molecule has 3 aromatic rings. The highest BCUT2D eigenvalue weighted by atomic mass is 32.2. The van der Waals surface area contributed by atoms with E-state index >= 15 is 0 Å². The summed E-state index contributed by atoms with van der Waals surface area (Å²) in [4.78, 5) is 25.4. The Kier molecular flexibility index (Phi) is 6.19. The van der Waals surface area contributed by atoms with Crippen LogP contribution in [-0.2, 0) is 17.9 Å². The van der Waals surface area contributed by atoms with E-state index in [0.29, 0.717) is 13.1 Å². The Bertz CT molecular complexity index is 996. The first kappa shape index (κ1) is 19.0. The molecule has 140 valence electrons. The highest BCUT2D eigenvalue weighted by molar-refractivity contribution is 8.00. The number of rotatable bonds is 7. The van der Waals surface area contributed by atoms with Crippen LogP contribution in [-0.4, -0.2) is 23.3 Å². The quantitative estimate of drug-likeness (QED) is 0.636. The topological polar surface area (TPSA) is 60.3 Å². The number of hydrogen-bond donors (Lipinski definition) is 1. The summed E-state index contributed by atoms with van der Waals surface area (Å²) in [6.07, 6.45) is 0. The monoisotopic (exact) mass is 382 g/mol. The third-order valence-electron chi connectivity index (χ3n) is 4.30. The maximum absolute atomic E-state index is 12.3. The Morgan fingerprint density at radius 2 is 1.89 bits per heavy atom. The summed E-state index contributed by atoms with van der Waals surface area (Å²) in [5, 5.41) is 3.90. The number of amides is 1. The van der Waals surface area contributed by atoms with E-state index in [4.69, 9.17) is 4.74 Å². The molecule has 27 heavy (non-hydrogen) atoms. The molecule has 0 saturated carbocycles. The Morgan fingerprint density at radius 1 is 1.15 bits per heavy atom. The van der Waals surface area contributed by atoms with Gasteiger partial charge in [0.1, 0.15) is 5.75 Å². The third-order valence-corrected chi connectivity index (χ3v) is 5.36. The first-order chi connectivity index (χ1) is 13.1. The zero-order valence-electron chi connectivity index (χ0n) is 15.4. The Balaban J connectivity index is 1.65. The maximum atomic E-state index is 12.3. The number of aromatic nitrogens is 1. The number of ether oxygens (including phenoxy) is 1. The highest BCUT2D eigenvalue weighted by Gasteiger charge is 2.10. The largest absolute Gasteiger partial charge is 0.497 e. The van der Waals surface area contributed by atoms with Crippen molar-refractivity contribution in [3.8, 4) is 5.75 Å². The fourth-order valence-corrected chi connectivity index (χ4v) is 3.79. The number of carbonyl (C=O) groups excluding carboxylic acids is 1. The number of fused-ring (bicyclic) bond motifs is 1. The molecule has 0 radical (unpaired) electrons. The van der Waals surface area contributed by atoms with E-state index in [9.17, 15) is 9.59 Å². The number of pyridine rings is 1. The zero-order valence-corrected chi connectivity index (χ0v) is 16.2. The van der Waals surface area contributed by atoms with Crippen molar-refractivity contribution < 1.29 is 9.53 Å². The minimum absolute atomic E-state index is 0.0441. The van der Waals surface area contributed by atoms with Gasteiger partial charge in [-0.25, -0.2) is 0 Å². The fourth-order valence-electron chi connectivity index (χ4n) is 2.89. The van der Waals surface area contributed by atoms with Crippen molar-refractivity contribution in [2.45, 2.75) is 24.9 Å². The van der Waals surface area contributed by atoms with E-state index in [0.717, 1.165) is 27.1 Å². The predicted molar refractivity (Wildman–Crippen MR) is 109 cm³/mol. The van der Waals surface area contributed by atoms with E-state index in [1.165, 1.54) is 11.8 Å². The number of aryl methyl sites for hydroxylation is 1. The van der Waals surface area contributed by atoms with Gasteiger partial charge in [-0.15, -0.1) is 11.8 Å². The summed E-state index contributed by atoms with van der Waals surface area (Å²) in [5.41, 5.74) is 1.86. The number of hydrogen-bond acceptors (Lipinski definition) is 4. The van der Waals surface area contributed by atoms with E-state index in [-0.39, 0.29) is 17.2 Å². The molecule has 0 fully saturated rings. The van der Waals surface area contributed by atoms with Gasteiger partial charge in [0.05, 0.1) is 18.4 Å². The number of nitrogens with zero attached hydrogens (tertiary/aromatic N) is 1. The van der Waals surface area contributed by atoms with Crippen molar-refractivity contribution >= 4 is 28.6 Å². The molecule has 6 heteroatoms. The molecule has 0 unspecified atom stereocenters. The summed E-state index contributed by atoms with van der Waals surface area (Å²) in [6.45, 7) is 3.03. The smallest absolute Gasteiger partial charge is 0.252 e. The van der Waals surface area contributed by atoms with Crippen LogP contribution < -0.4 is 15.6 Å². The lowest BCUT2D eigenvalue weighted by Gasteiger charge is -2.12. The second kappa shape index (κ2) is 8.77. The molecule has 1 N–H and O–H groups in total. The molecular weight excluding hydrogens is 360 g/mol. The second-order valence-electron chi connectivity index (χ2n) is 6.02. The maximum Gasteiger partial charge on any atom is 0.252 e. The molecule has 0 saturated heterocycles. The lowest BCUT2D eigenvalue weighted by Crippen LogP contribution is -2.24. The second-order valence-corrected chi connectivity index (χ2v) is 7.04. The summed E-state index contributed by atoms with van der Waals surface area (Å²) >= 11 is 1.39. The minimum atomic E-state index is -0.0698. The van der Waals surface area contributed by atoms with Gasteiger partial charge in [-0.3, -0.25) is 9.59 Å². The first-order valence-electron chi connectivity index (χ1n) is 8.77. The van der Waals surface area contributed by atoms with Gasteiger partial charge in [0.25, 0.3) is 5.56 Å². The van der Waals surface area contributed by atoms with Gasteiger partial charge in [0.2, 0.25) is 5.91 Å². The van der Waals surface area contributed by atoms with Crippen LogP contribution in [0, 0.1) is 0 Å². The number of para-hydroxylation sites is 1. The van der Waals surface area contributed by atoms with Crippen LogP contribution in [0.2, 0.25) is 0 Å². The molecule has 2 aromatic carbocycles.